The lowest BCUT2D eigenvalue weighted by atomic mass is 10.4. The molecule has 0 rings (SSSR count). The van der Waals surface area contributed by atoms with Gasteiger partial charge >= 0.3 is 5.97 Å². The van der Waals surface area contributed by atoms with Crippen molar-refractivity contribution >= 4 is 16.1 Å². The van der Waals surface area contributed by atoms with Crippen molar-refractivity contribution in [2.24, 2.45) is 0 Å². The number of ether oxygens (including phenoxy) is 1. The molecule has 0 aliphatic heterocycles. The lowest BCUT2D eigenvalue weighted by Crippen LogP contribution is -2.24. The van der Waals surface area contributed by atoms with Gasteiger partial charge in [-0.15, -0.1) is 0 Å². The Morgan fingerprint density at radius 2 is 2.00 bits per heavy atom. The van der Waals surface area contributed by atoms with Crippen LogP contribution in [0.2, 0.25) is 0 Å². The average molecular weight is 225 g/mol. The monoisotopic (exact) mass is 225 g/mol. The zero-order valence-corrected chi connectivity index (χ0v) is 9.00. The normalized spacial score (nSPS) is 12.5. The van der Waals surface area contributed by atoms with Gasteiger partial charge in [-0.1, -0.05) is 6.58 Å². The van der Waals surface area contributed by atoms with Crippen molar-refractivity contribution in [3.05, 3.63) is 12.2 Å². The Hall–Kier alpha value is -0.920. The second kappa shape index (κ2) is 5.74. The Balaban J connectivity index is 0. The molecule has 0 spiro atoms. The highest BCUT2D eigenvalue weighted by atomic mass is 32.2. The van der Waals surface area contributed by atoms with Crippen molar-refractivity contribution in [3.63, 3.8) is 0 Å². The number of carbonyl (C=O) groups excluding carboxylic acids is 1. The molecule has 1 atom stereocenters. The lowest BCUT2D eigenvalue weighted by molar-refractivity contribution is -0.138. The van der Waals surface area contributed by atoms with Crippen molar-refractivity contribution in [3.8, 4) is 0 Å². The lowest BCUT2D eigenvalue weighted by Gasteiger charge is -2.08. The molecular weight excluding hydrogens is 210 g/mol. The average Bonchev–Trinajstić information content (AvgIpc) is 1.97. The standard InChI is InChI=1S/C7H12O5S.H3N/c1-5(2)7(8)12-4-6(3)13(9,10)11;/h6H,1,4H2,2-3H3,(H,9,10,11);1H3. The Labute approximate surface area is 83.3 Å². The second-order valence-electron chi connectivity index (χ2n) is 2.70. The van der Waals surface area contributed by atoms with E-state index in [1.165, 1.54) is 13.8 Å². The van der Waals surface area contributed by atoms with Gasteiger partial charge < -0.3 is 10.9 Å². The summed E-state index contributed by atoms with van der Waals surface area (Å²) in [6.45, 7) is 5.62. The molecule has 0 bridgehead atoms. The van der Waals surface area contributed by atoms with Gasteiger partial charge in [0.05, 0.1) is 0 Å². The summed E-state index contributed by atoms with van der Waals surface area (Å²) >= 11 is 0. The van der Waals surface area contributed by atoms with Crippen LogP contribution in [0.5, 0.6) is 0 Å². The van der Waals surface area contributed by atoms with Crippen LogP contribution >= 0.6 is 0 Å². The van der Waals surface area contributed by atoms with Gasteiger partial charge in [0.2, 0.25) is 0 Å². The molecule has 0 saturated heterocycles. The third-order valence-corrected chi connectivity index (χ3v) is 2.46. The molecule has 1 unspecified atom stereocenters. The van der Waals surface area contributed by atoms with Crippen LogP contribution in [0.25, 0.3) is 0 Å². The van der Waals surface area contributed by atoms with Gasteiger partial charge in [-0.25, -0.2) is 4.79 Å². The maximum atomic E-state index is 10.8. The van der Waals surface area contributed by atoms with E-state index in [1.807, 2.05) is 0 Å². The van der Waals surface area contributed by atoms with E-state index >= 15 is 0 Å². The van der Waals surface area contributed by atoms with Crippen LogP contribution in [0.4, 0.5) is 0 Å². The fourth-order valence-corrected chi connectivity index (χ4v) is 0.642. The van der Waals surface area contributed by atoms with E-state index in [0.717, 1.165) is 0 Å². The molecule has 0 fully saturated rings. The van der Waals surface area contributed by atoms with Gasteiger partial charge in [0.1, 0.15) is 11.9 Å². The first kappa shape index (κ1) is 15.5. The molecule has 0 aliphatic carbocycles. The van der Waals surface area contributed by atoms with Crippen molar-refractivity contribution in [1.29, 1.82) is 0 Å². The summed E-state index contributed by atoms with van der Waals surface area (Å²) in [6.07, 6.45) is 0. The summed E-state index contributed by atoms with van der Waals surface area (Å²) in [5.41, 5.74) is 0.183. The molecule has 0 heterocycles. The summed E-state index contributed by atoms with van der Waals surface area (Å²) in [7, 11) is -4.13. The number of hydrogen-bond acceptors (Lipinski definition) is 5. The zero-order chi connectivity index (χ0) is 10.6. The second-order valence-corrected chi connectivity index (χ2v) is 4.54. The fraction of sp³-hybridized carbons (Fsp3) is 0.571. The highest BCUT2D eigenvalue weighted by molar-refractivity contribution is 7.86. The largest absolute Gasteiger partial charge is 0.461 e. The summed E-state index contributed by atoms with van der Waals surface area (Å²) < 4.78 is 33.9. The fourth-order valence-electron chi connectivity index (χ4n) is 0.402. The molecule has 0 aliphatic rings. The van der Waals surface area contributed by atoms with Gasteiger partial charge in [-0.2, -0.15) is 8.42 Å². The molecule has 0 aromatic carbocycles. The Kier molecular flexibility index (Phi) is 6.37. The predicted molar refractivity (Wildman–Crippen MR) is 51.8 cm³/mol. The maximum Gasteiger partial charge on any atom is 0.333 e. The van der Waals surface area contributed by atoms with Crippen LogP contribution in [0.15, 0.2) is 12.2 Å². The van der Waals surface area contributed by atoms with E-state index in [1.54, 1.807) is 0 Å². The van der Waals surface area contributed by atoms with Crippen molar-refractivity contribution < 1.29 is 22.5 Å². The van der Waals surface area contributed by atoms with Crippen LogP contribution in [0, 0.1) is 0 Å². The van der Waals surface area contributed by atoms with Crippen LogP contribution < -0.4 is 6.15 Å². The molecule has 0 radical (unpaired) electrons. The van der Waals surface area contributed by atoms with Crippen LogP contribution in [-0.4, -0.2) is 30.8 Å². The first-order valence-corrected chi connectivity index (χ1v) is 5.04. The minimum atomic E-state index is -4.13. The molecule has 84 valence electrons. The quantitative estimate of drug-likeness (QED) is 0.410. The van der Waals surface area contributed by atoms with E-state index in [0.29, 0.717) is 0 Å². The van der Waals surface area contributed by atoms with E-state index < -0.39 is 21.3 Å². The number of hydrogen-bond donors (Lipinski definition) is 2. The third kappa shape index (κ3) is 5.68. The molecule has 0 aromatic rings. The summed E-state index contributed by atoms with van der Waals surface area (Å²) in [5, 5.41) is -1.12. The number of carbonyl (C=O) groups is 1. The Morgan fingerprint density at radius 3 is 2.29 bits per heavy atom. The molecule has 0 amide bonds. The molecule has 6 nitrogen and oxygen atoms in total. The Morgan fingerprint density at radius 1 is 1.57 bits per heavy atom. The number of rotatable bonds is 4. The van der Waals surface area contributed by atoms with Crippen LogP contribution in [-0.2, 0) is 19.6 Å². The molecule has 0 aromatic heterocycles. The molecule has 0 saturated carbocycles. The van der Waals surface area contributed by atoms with Crippen LogP contribution in [0.1, 0.15) is 13.8 Å². The van der Waals surface area contributed by atoms with E-state index in [2.05, 4.69) is 11.3 Å². The third-order valence-electron chi connectivity index (χ3n) is 1.31. The van der Waals surface area contributed by atoms with Gasteiger partial charge in [-0.3, -0.25) is 4.55 Å². The van der Waals surface area contributed by atoms with Crippen LogP contribution in [0.3, 0.4) is 0 Å². The summed E-state index contributed by atoms with van der Waals surface area (Å²) in [6, 6.07) is 0. The SMILES string of the molecule is C=C(C)C(=O)OCC(C)S(=O)(=O)O.N. The molecule has 4 N–H and O–H groups in total. The first-order valence-electron chi connectivity index (χ1n) is 3.54. The van der Waals surface area contributed by atoms with Crippen molar-refractivity contribution in [2.45, 2.75) is 19.1 Å². The maximum absolute atomic E-state index is 10.8. The minimum absolute atomic E-state index is 0. The highest BCUT2D eigenvalue weighted by Crippen LogP contribution is 2.00. The smallest absolute Gasteiger partial charge is 0.333 e. The van der Waals surface area contributed by atoms with E-state index in [9.17, 15) is 13.2 Å². The highest BCUT2D eigenvalue weighted by Gasteiger charge is 2.19. The summed E-state index contributed by atoms with van der Waals surface area (Å²) in [5.74, 6) is -0.671. The molecular formula is C7H15NO5S. The van der Waals surface area contributed by atoms with Gasteiger partial charge in [0.25, 0.3) is 10.1 Å². The first-order chi connectivity index (χ1) is 5.75. The van der Waals surface area contributed by atoms with Gasteiger partial charge in [0.15, 0.2) is 0 Å². The summed E-state index contributed by atoms with van der Waals surface area (Å²) in [4.78, 5) is 10.8. The molecule has 14 heavy (non-hydrogen) atoms. The van der Waals surface area contributed by atoms with Crippen molar-refractivity contribution in [2.75, 3.05) is 6.61 Å². The van der Waals surface area contributed by atoms with Gasteiger partial charge in [-0.05, 0) is 13.8 Å². The van der Waals surface area contributed by atoms with Gasteiger partial charge in [0, 0.05) is 5.57 Å². The zero-order valence-electron chi connectivity index (χ0n) is 8.19. The topological polar surface area (TPSA) is 116 Å². The minimum Gasteiger partial charge on any atom is -0.461 e. The van der Waals surface area contributed by atoms with E-state index in [-0.39, 0.29) is 18.3 Å². The predicted octanol–water partition coefficient (Wildman–Crippen LogP) is 0.544. The van der Waals surface area contributed by atoms with E-state index in [4.69, 9.17) is 4.55 Å². The molecule has 7 heteroatoms. The number of esters is 1. The van der Waals surface area contributed by atoms with Crippen molar-refractivity contribution in [1.82, 2.24) is 6.15 Å². The Bertz CT molecular complexity index is 308.